The summed E-state index contributed by atoms with van der Waals surface area (Å²) in [5, 5.41) is 2.92. The molecule has 104 valence electrons. The van der Waals surface area contributed by atoms with Gasteiger partial charge in [-0.25, -0.2) is 0 Å². The van der Waals surface area contributed by atoms with E-state index >= 15 is 0 Å². The lowest BCUT2D eigenvalue weighted by molar-refractivity contribution is 0.0951. The highest BCUT2D eigenvalue weighted by Gasteiger charge is 2.10. The van der Waals surface area contributed by atoms with Gasteiger partial charge in [0, 0.05) is 16.7 Å². The van der Waals surface area contributed by atoms with E-state index in [1.165, 1.54) is 5.56 Å². The summed E-state index contributed by atoms with van der Waals surface area (Å²) in [7, 11) is 0. The molecule has 0 saturated heterocycles. The molecule has 0 aliphatic rings. The summed E-state index contributed by atoms with van der Waals surface area (Å²) in [6.45, 7) is 2.61. The van der Waals surface area contributed by atoms with Crippen LogP contribution in [0.3, 0.4) is 0 Å². The molecular weight excluding hydrogens is 316 g/mol. The first kappa shape index (κ1) is 14.6. The Morgan fingerprint density at radius 1 is 1.20 bits per heavy atom. The lowest BCUT2D eigenvalue weighted by atomic mass is 10.1. The van der Waals surface area contributed by atoms with Gasteiger partial charge in [0.25, 0.3) is 5.91 Å². The van der Waals surface area contributed by atoms with Gasteiger partial charge < -0.3 is 11.1 Å². The summed E-state index contributed by atoms with van der Waals surface area (Å²) >= 11 is 3.35. The Morgan fingerprint density at radius 2 is 1.90 bits per heavy atom. The quantitative estimate of drug-likeness (QED) is 0.841. The molecule has 0 spiro atoms. The van der Waals surface area contributed by atoms with Crippen LogP contribution in [0.4, 0.5) is 5.69 Å². The van der Waals surface area contributed by atoms with Gasteiger partial charge in [-0.1, -0.05) is 47.1 Å². The lowest BCUT2D eigenvalue weighted by Gasteiger charge is -2.10. The minimum atomic E-state index is -0.158. The Hall–Kier alpha value is -1.81. The number of amides is 1. The maximum absolute atomic E-state index is 12.2. The second-order valence-corrected chi connectivity index (χ2v) is 5.45. The van der Waals surface area contributed by atoms with Gasteiger partial charge >= 0.3 is 0 Å². The third-order valence-electron chi connectivity index (χ3n) is 3.20. The molecule has 4 heteroatoms. The van der Waals surface area contributed by atoms with Gasteiger partial charge in [0.1, 0.15) is 0 Å². The summed E-state index contributed by atoms with van der Waals surface area (Å²) in [4.78, 5) is 12.2. The predicted octanol–water partition coefficient (Wildman–Crippen LogP) is 3.52. The molecule has 2 rings (SSSR count). The van der Waals surface area contributed by atoms with Gasteiger partial charge in [0.15, 0.2) is 0 Å². The normalized spacial score (nSPS) is 10.3. The van der Waals surface area contributed by atoms with Crippen molar-refractivity contribution in [2.75, 3.05) is 5.73 Å². The van der Waals surface area contributed by atoms with E-state index in [1.807, 2.05) is 24.3 Å². The molecule has 0 aromatic heterocycles. The van der Waals surface area contributed by atoms with E-state index in [0.717, 1.165) is 16.5 Å². The molecular formula is C16H17BrN2O. The predicted molar refractivity (Wildman–Crippen MR) is 85.5 cm³/mol. The summed E-state index contributed by atoms with van der Waals surface area (Å²) in [6, 6.07) is 13.4. The molecule has 20 heavy (non-hydrogen) atoms. The number of nitrogens with two attached hydrogens (primary N) is 1. The minimum absolute atomic E-state index is 0.158. The number of halogens is 1. The zero-order chi connectivity index (χ0) is 14.5. The van der Waals surface area contributed by atoms with Crippen LogP contribution in [0.1, 0.15) is 28.4 Å². The third kappa shape index (κ3) is 3.39. The van der Waals surface area contributed by atoms with E-state index in [-0.39, 0.29) is 5.91 Å². The van der Waals surface area contributed by atoms with Crippen molar-refractivity contribution in [2.24, 2.45) is 0 Å². The Balaban J connectivity index is 2.11. The van der Waals surface area contributed by atoms with Crippen molar-refractivity contribution >= 4 is 27.5 Å². The van der Waals surface area contributed by atoms with Crippen LogP contribution in [0.15, 0.2) is 46.9 Å². The Morgan fingerprint density at radius 3 is 2.60 bits per heavy atom. The monoisotopic (exact) mass is 332 g/mol. The van der Waals surface area contributed by atoms with Gasteiger partial charge in [0.05, 0.1) is 5.56 Å². The third-order valence-corrected chi connectivity index (χ3v) is 3.69. The van der Waals surface area contributed by atoms with Crippen molar-refractivity contribution in [2.45, 2.75) is 19.9 Å². The van der Waals surface area contributed by atoms with Crippen LogP contribution in [0, 0.1) is 0 Å². The van der Waals surface area contributed by atoms with E-state index in [0.29, 0.717) is 17.8 Å². The number of nitrogens with one attached hydrogen (secondary N) is 1. The second-order valence-electron chi connectivity index (χ2n) is 4.54. The lowest BCUT2D eigenvalue weighted by Crippen LogP contribution is -2.24. The van der Waals surface area contributed by atoms with Crippen LogP contribution in [0.2, 0.25) is 0 Å². The molecule has 0 atom stereocenters. The highest BCUT2D eigenvalue weighted by molar-refractivity contribution is 9.10. The number of carbonyl (C=O) groups is 1. The fourth-order valence-corrected chi connectivity index (χ4v) is 2.43. The van der Waals surface area contributed by atoms with Gasteiger partial charge in [-0.05, 0) is 35.7 Å². The number of nitrogen functional groups attached to an aromatic ring is 1. The van der Waals surface area contributed by atoms with Crippen LogP contribution in [-0.2, 0) is 13.0 Å². The van der Waals surface area contributed by atoms with Crippen LogP contribution in [0.25, 0.3) is 0 Å². The van der Waals surface area contributed by atoms with Gasteiger partial charge in [0.2, 0.25) is 0 Å². The summed E-state index contributed by atoms with van der Waals surface area (Å²) in [6.07, 6.45) is 0.949. The molecule has 0 saturated carbocycles. The molecule has 1 amide bonds. The zero-order valence-electron chi connectivity index (χ0n) is 11.3. The summed E-state index contributed by atoms with van der Waals surface area (Å²) in [5.74, 6) is -0.158. The molecule has 3 N–H and O–H groups in total. The van der Waals surface area contributed by atoms with E-state index in [9.17, 15) is 4.79 Å². The number of anilines is 1. The molecule has 0 radical (unpaired) electrons. The molecule has 0 aliphatic heterocycles. The van der Waals surface area contributed by atoms with Crippen molar-refractivity contribution in [1.29, 1.82) is 0 Å². The fraction of sp³-hybridized carbons (Fsp3) is 0.188. The van der Waals surface area contributed by atoms with Crippen LogP contribution in [0.5, 0.6) is 0 Å². The Kier molecular flexibility index (Phi) is 4.79. The van der Waals surface area contributed by atoms with Crippen molar-refractivity contribution in [3.05, 3.63) is 63.6 Å². The van der Waals surface area contributed by atoms with Crippen molar-refractivity contribution in [3.63, 3.8) is 0 Å². The Labute approximate surface area is 127 Å². The maximum atomic E-state index is 12.2. The standard InChI is InChI=1S/C16H17BrN2O/c1-2-11-5-3-4-6-12(11)10-19-16(20)14-9-13(17)7-8-15(14)18/h3-9H,2,10,18H2,1H3,(H,19,20). The van der Waals surface area contributed by atoms with E-state index in [4.69, 9.17) is 5.73 Å². The van der Waals surface area contributed by atoms with Gasteiger partial charge in [-0.15, -0.1) is 0 Å². The van der Waals surface area contributed by atoms with Gasteiger partial charge in [-0.2, -0.15) is 0 Å². The number of rotatable bonds is 4. The highest BCUT2D eigenvalue weighted by Crippen LogP contribution is 2.18. The molecule has 2 aromatic carbocycles. The first-order chi connectivity index (χ1) is 9.61. The van der Waals surface area contributed by atoms with E-state index in [1.54, 1.807) is 12.1 Å². The topological polar surface area (TPSA) is 55.1 Å². The molecule has 2 aromatic rings. The van der Waals surface area contributed by atoms with E-state index in [2.05, 4.69) is 34.2 Å². The molecule has 0 fully saturated rings. The molecule has 0 unspecified atom stereocenters. The largest absolute Gasteiger partial charge is 0.398 e. The molecule has 0 bridgehead atoms. The summed E-state index contributed by atoms with van der Waals surface area (Å²) in [5.41, 5.74) is 9.19. The maximum Gasteiger partial charge on any atom is 0.253 e. The van der Waals surface area contributed by atoms with E-state index < -0.39 is 0 Å². The first-order valence-electron chi connectivity index (χ1n) is 6.51. The number of hydrogen-bond donors (Lipinski definition) is 2. The van der Waals surface area contributed by atoms with Crippen LogP contribution < -0.4 is 11.1 Å². The number of hydrogen-bond acceptors (Lipinski definition) is 2. The Bertz CT molecular complexity index is 626. The number of benzene rings is 2. The van der Waals surface area contributed by atoms with Crippen molar-refractivity contribution in [1.82, 2.24) is 5.32 Å². The van der Waals surface area contributed by atoms with Crippen LogP contribution >= 0.6 is 15.9 Å². The summed E-state index contributed by atoms with van der Waals surface area (Å²) < 4.78 is 0.839. The number of carbonyl (C=O) groups excluding carboxylic acids is 1. The highest BCUT2D eigenvalue weighted by atomic mass is 79.9. The average Bonchev–Trinajstić information content (AvgIpc) is 2.47. The molecule has 3 nitrogen and oxygen atoms in total. The van der Waals surface area contributed by atoms with Gasteiger partial charge in [-0.3, -0.25) is 4.79 Å². The van der Waals surface area contributed by atoms with Crippen molar-refractivity contribution in [3.8, 4) is 0 Å². The zero-order valence-corrected chi connectivity index (χ0v) is 12.9. The second kappa shape index (κ2) is 6.57. The fourth-order valence-electron chi connectivity index (χ4n) is 2.07. The SMILES string of the molecule is CCc1ccccc1CNC(=O)c1cc(Br)ccc1N. The molecule has 0 aliphatic carbocycles. The molecule has 0 heterocycles. The van der Waals surface area contributed by atoms with Crippen molar-refractivity contribution < 1.29 is 4.79 Å². The first-order valence-corrected chi connectivity index (χ1v) is 7.31. The smallest absolute Gasteiger partial charge is 0.253 e. The number of aryl methyl sites for hydroxylation is 1. The van der Waals surface area contributed by atoms with Crippen LogP contribution in [-0.4, -0.2) is 5.91 Å². The minimum Gasteiger partial charge on any atom is -0.398 e. The average molecular weight is 333 g/mol.